The molecule has 8 nitrogen and oxygen atoms in total. The van der Waals surface area contributed by atoms with E-state index in [2.05, 4.69) is 53.3 Å². The normalized spacial score (nSPS) is 16.6. The van der Waals surface area contributed by atoms with E-state index in [0.717, 1.165) is 7.11 Å². The number of aliphatic hydroxyl groups is 4. The van der Waals surface area contributed by atoms with Crippen molar-refractivity contribution < 1.29 is 39.9 Å². The predicted molar refractivity (Wildman–Crippen MR) is 122 cm³/mol. The summed E-state index contributed by atoms with van der Waals surface area (Å²) in [5, 5.41) is 49.8. The van der Waals surface area contributed by atoms with Crippen LogP contribution in [0.1, 0.15) is 24.0 Å². The van der Waals surface area contributed by atoms with Crippen LogP contribution in [0.5, 0.6) is 0 Å². The van der Waals surface area contributed by atoms with Crippen LogP contribution in [0.25, 0.3) is 21.5 Å². The summed E-state index contributed by atoms with van der Waals surface area (Å²) in [6.45, 7) is 0. The highest BCUT2D eigenvalue weighted by molar-refractivity contribution is 6.08. The monoisotopic (exact) mass is 456 g/mol. The maximum Gasteiger partial charge on any atom is 0.337 e. The molecule has 4 rings (SSSR count). The van der Waals surface area contributed by atoms with Crippen molar-refractivity contribution in [1.82, 2.24) is 0 Å². The van der Waals surface area contributed by atoms with E-state index in [1.807, 2.05) is 0 Å². The number of carbonyl (C=O) groups is 2. The third-order valence-electron chi connectivity index (χ3n) is 5.95. The molecule has 0 fully saturated rings. The maximum absolute atomic E-state index is 10.7. The van der Waals surface area contributed by atoms with Crippen molar-refractivity contribution in [2.45, 2.75) is 50.1 Å². The van der Waals surface area contributed by atoms with E-state index in [4.69, 9.17) is 25.5 Å². The molecule has 0 aromatic heterocycles. The van der Waals surface area contributed by atoms with Crippen LogP contribution in [0.4, 0.5) is 0 Å². The summed E-state index contributed by atoms with van der Waals surface area (Å²) in [5.74, 6) is -3.04. The first-order chi connectivity index (χ1) is 15.8. The number of hydrogen-bond donors (Lipinski definition) is 5. The van der Waals surface area contributed by atoms with Crippen molar-refractivity contribution in [3.05, 3.63) is 59.7 Å². The summed E-state index contributed by atoms with van der Waals surface area (Å²) in [7, 11) is 0.929. The minimum Gasteiger partial charge on any atom is -0.479 e. The molecule has 0 radical (unpaired) electrons. The van der Waals surface area contributed by atoms with E-state index in [0.29, 0.717) is 0 Å². The molecule has 4 unspecified atom stereocenters. The minimum atomic E-state index is -2.31. The molecule has 0 heterocycles. The average Bonchev–Trinajstić information content (AvgIpc) is 2.86. The highest BCUT2D eigenvalue weighted by Crippen LogP contribution is 2.33. The van der Waals surface area contributed by atoms with E-state index in [1.54, 1.807) is 11.1 Å². The summed E-state index contributed by atoms with van der Waals surface area (Å²) < 4.78 is 4.03. The van der Waals surface area contributed by atoms with Gasteiger partial charge in [0.2, 0.25) is 0 Å². The number of aliphatic hydroxyl groups excluding tert-OH is 4. The number of fused-ring (bicyclic) bond motifs is 5. The Morgan fingerprint density at radius 3 is 2.12 bits per heavy atom. The molecule has 0 saturated carbocycles. The highest BCUT2D eigenvalue weighted by atomic mass is 16.5. The largest absolute Gasteiger partial charge is 0.479 e. The van der Waals surface area contributed by atoms with Crippen molar-refractivity contribution in [3.63, 3.8) is 0 Å². The maximum atomic E-state index is 10.7. The zero-order valence-corrected chi connectivity index (χ0v) is 18.2. The molecule has 1 aliphatic rings. The van der Waals surface area contributed by atoms with Crippen LogP contribution < -0.4 is 0 Å². The number of methoxy groups -OCH3 is 1. The Hall–Kier alpha value is -3.04. The van der Waals surface area contributed by atoms with Crippen LogP contribution in [0, 0.1) is 0 Å². The molecule has 176 valence electrons. The standard InChI is InChI=1S/C18H16.C7H12O8/c1-3-7-15-13(5-1)9-11-18-16-8-4-2-6-14(16)10-12-17(15)18;1-15-7(14)5(11)3(9)2(8)4(10)6(12)13/h1,3,5,7,9-12H,2,4,6,8H2;2-5,8-11H,1H3,(H,12,13). The number of esters is 1. The molecule has 0 bridgehead atoms. The first kappa shape index (κ1) is 24.6. The summed E-state index contributed by atoms with van der Waals surface area (Å²) in [4.78, 5) is 20.9. The van der Waals surface area contributed by atoms with Gasteiger partial charge in [0.1, 0.15) is 12.2 Å². The van der Waals surface area contributed by atoms with Crippen molar-refractivity contribution in [1.29, 1.82) is 0 Å². The topological polar surface area (TPSA) is 145 Å². The van der Waals surface area contributed by atoms with Gasteiger partial charge in [-0.25, -0.2) is 9.59 Å². The van der Waals surface area contributed by atoms with E-state index in [1.165, 1.54) is 47.2 Å². The summed E-state index contributed by atoms with van der Waals surface area (Å²) in [5.41, 5.74) is 3.17. The summed E-state index contributed by atoms with van der Waals surface area (Å²) in [6.07, 6.45) is -3.56. The Bertz CT molecular complexity index is 1140. The zero-order chi connectivity index (χ0) is 24.1. The molecule has 5 N–H and O–H groups in total. The van der Waals surface area contributed by atoms with E-state index in [9.17, 15) is 9.59 Å². The quantitative estimate of drug-likeness (QED) is 0.287. The Morgan fingerprint density at radius 2 is 1.42 bits per heavy atom. The van der Waals surface area contributed by atoms with E-state index in [-0.39, 0.29) is 0 Å². The van der Waals surface area contributed by atoms with Gasteiger partial charge in [0, 0.05) is 0 Å². The van der Waals surface area contributed by atoms with Crippen LogP contribution in [0.2, 0.25) is 0 Å². The van der Waals surface area contributed by atoms with Crippen LogP contribution in [-0.4, -0.2) is 69.0 Å². The van der Waals surface area contributed by atoms with E-state index < -0.39 is 36.4 Å². The van der Waals surface area contributed by atoms with Gasteiger partial charge in [0.15, 0.2) is 12.2 Å². The van der Waals surface area contributed by atoms with Crippen molar-refractivity contribution in [3.8, 4) is 0 Å². The van der Waals surface area contributed by atoms with Crippen LogP contribution in [0.15, 0.2) is 48.5 Å². The zero-order valence-electron chi connectivity index (χ0n) is 18.2. The number of carboxylic acid groups (broad SMARTS) is 1. The van der Waals surface area contributed by atoms with Crippen LogP contribution in [-0.2, 0) is 27.2 Å². The Balaban J connectivity index is 0.000000191. The molecular formula is C25H28O8. The lowest BCUT2D eigenvalue weighted by molar-refractivity contribution is -0.174. The number of rotatable bonds is 5. The number of aryl methyl sites for hydroxylation is 2. The molecule has 4 atom stereocenters. The second-order valence-corrected chi connectivity index (χ2v) is 8.02. The molecule has 3 aromatic carbocycles. The third kappa shape index (κ3) is 5.31. The molecule has 0 aliphatic heterocycles. The molecule has 8 heteroatoms. The Morgan fingerprint density at radius 1 is 0.788 bits per heavy atom. The number of benzene rings is 3. The van der Waals surface area contributed by atoms with Crippen molar-refractivity contribution >= 4 is 33.5 Å². The van der Waals surface area contributed by atoms with Crippen LogP contribution in [0.3, 0.4) is 0 Å². The number of ether oxygens (including phenoxy) is 1. The van der Waals surface area contributed by atoms with Gasteiger partial charge in [0.05, 0.1) is 7.11 Å². The molecule has 0 amide bonds. The Kier molecular flexibility index (Phi) is 7.99. The van der Waals surface area contributed by atoms with Crippen LogP contribution >= 0.6 is 0 Å². The van der Waals surface area contributed by atoms with Gasteiger partial charge < -0.3 is 30.3 Å². The fraction of sp³-hybridized carbons (Fsp3) is 0.360. The van der Waals surface area contributed by atoms with Gasteiger partial charge in [0.25, 0.3) is 0 Å². The summed E-state index contributed by atoms with van der Waals surface area (Å²) >= 11 is 0. The number of hydrogen-bond acceptors (Lipinski definition) is 7. The fourth-order valence-corrected chi connectivity index (χ4v) is 4.12. The smallest absolute Gasteiger partial charge is 0.337 e. The van der Waals surface area contributed by atoms with Crippen molar-refractivity contribution in [2.75, 3.05) is 7.11 Å². The number of aliphatic carboxylic acids is 1. The SMILES string of the molecule is COC(=O)C(O)C(O)C(O)C(O)C(=O)O.c1ccc2c(c1)ccc1c3c(ccc12)CCCC3. The molecule has 0 saturated heterocycles. The lowest BCUT2D eigenvalue weighted by Gasteiger charge is -2.22. The molecule has 1 aliphatic carbocycles. The van der Waals surface area contributed by atoms with E-state index >= 15 is 0 Å². The molecule has 3 aromatic rings. The first-order valence-electron chi connectivity index (χ1n) is 10.7. The molecule has 33 heavy (non-hydrogen) atoms. The van der Waals surface area contributed by atoms with Gasteiger partial charge >= 0.3 is 11.9 Å². The highest BCUT2D eigenvalue weighted by Gasteiger charge is 2.37. The predicted octanol–water partition coefficient (Wildman–Crippen LogP) is 1.56. The number of carboxylic acids is 1. The minimum absolute atomic E-state index is 0.929. The van der Waals surface area contributed by atoms with Gasteiger partial charge in [-0.3, -0.25) is 0 Å². The van der Waals surface area contributed by atoms with Gasteiger partial charge in [-0.05, 0) is 58.4 Å². The second-order valence-electron chi connectivity index (χ2n) is 8.02. The lowest BCUT2D eigenvalue weighted by atomic mass is 9.86. The second kappa shape index (κ2) is 10.7. The fourth-order valence-electron chi connectivity index (χ4n) is 4.12. The lowest BCUT2D eigenvalue weighted by Crippen LogP contribution is -2.50. The average molecular weight is 456 g/mol. The molecule has 0 spiro atoms. The third-order valence-corrected chi connectivity index (χ3v) is 5.95. The van der Waals surface area contributed by atoms with Gasteiger partial charge in [-0.15, -0.1) is 0 Å². The van der Waals surface area contributed by atoms with Gasteiger partial charge in [-0.1, -0.05) is 48.5 Å². The van der Waals surface area contributed by atoms with Gasteiger partial charge in [-0.2, -0.15) is 0 Å². The summed E-state index contributed by atoms with van der Waals surface area (Å²) in [6, 6.07) is 18.0. The first-order valence-corrected chi connectivity index (χ1v) is 10.7. The number of carbonyl (C=O) groups excluding carboxylic acids is 1. The molecular weight excluding hydrogens is 428 g/mol. The van der Waals surface area contributed by atoms with Crippen molar-refractivity contribution in [2.24, 2.45) is 0 Å². The Labute approximate surface area is 190 Å².